The lowest BCUT2D eigenvalue weighted by molar-refractivity contribution is 0.419. The van der Waals surface area contributed by atoms with Crippen LogP contribution >= 0.6 is 0 Å². The Hall–Kier alpha value is -0.795. The summed E-state index contributed by atoms with van der Waals surface area (Å²) >= 11 is 0. The molecule has 1 aromatic rings. The van der Waals surface area contributed by atoms with Crippen molar-refractivity contribution in [3.8, 4) is 0 Å². The summed E-state index contributed by atoms with van der Waals surface area (Å²) in [4.78, 5) is 0. The van der Waals surface area contributed by atoms with E-state index in [-0.39, 0.29) is 0 Å². The molecule has 0 aromatic heterocycles. The van der Waals surface area contributed by atoms with Crippen molar-refractivity contribution in [2.45, 2.75) is 69.6 Å². The number of hydrogen-bond donors (Lipinski definition) is 2. The molecule has 3 heteroatoms. The van der Waals surface area contributed by atoms with Crippen LogP contribution in [0.25, 0.3) is 0 Å². The van der Waals surface area contributed by atoms with Gasteiger partial charge in [0.15, 0.2) is 0 Å². The topological polar surface area (TPSA) is 40.5 Å². The van der Waals surface area contributed by atoms with Gasteiger partial charge in [0.2, 0.25) is 0 Å². The van der Waals surface area contributed by atoms with Crippen LogP contribution in [0.4, 0.5) is 0 Å². The molecule has 0 atom stereocenters. The van der Waals surface area contributed by atoms with Crippen LogP contribution < -0.4 is 5.46 Å². The quantitative estimate of drug-likeness (QED) is 0.830. The van der Waals surface area contributed by atoms with Crippen LogP contribution in [0, 0.1) is 0 Å². The molecule has 2 aliphatic rings. The molecule has 0 aliphatic heterocycles. The Labute approximate surface area is 122 Å². The molecule has 0 saturated heterocycles. The van der Waals surface area contributed by atoms with Gasteiger partial charge in [-0.05, 0) is 54.1 Å². The van der Waals surface area contributed by atoms with Crippen molar-refractivity contribution in [1.29, 1.82) is 0 Å². The fourth-order valence-electron chi connectivity index (χ4n) is 4.28. The van der Waals surface area contributed by atoms with Gasteiger partial charge in [-0.1, -0.05) is 50.3 Å². The first kappa shape index (κ1) is 14.2. The molecule has 2 fully saturated rings. The Bertz CT molecular complexity index is 446. The van der Waals surface area contributed by atoms with Crippen molar-refractivity contribution < 1.29 is 10.0 Å². The molecular weight excluding hydrogens is 247 g/mol. The second-order valence-corrected chi connectivity index (χ2v) is 6.54. The Kier molecular flexibility index (Phi) is 4.47. The van der Waals surface area contributed by atoms with Crippen molar-refractivity contribution >= 4 is 12.6 Å². The summed E-state index contributed by atoms with van der Waals surface area (Å²) < 4.78 is 0. The minimum absolute atomic E-state index is 0.539. The molecule has 0 heterocycles. The highest BCUT2D eigenvalue weighted by molar-refractivity contribution is 6.59. The van der Waals surface area contributed by atoms with Crippen LogP contribution in [0.2, 0.25) is 0 Å². The predicted octanol–water partition coefficient (Wildman–Crippen LogP) is 3.07. The first-order chi connectivity index (χ1) is 9.77. The summed E-state index contributed by atoms with van der Waals surface area (Å²) in [5, 5.41) is 19.5. The fourth-order valence-corrected chi connectivity index (χ4v) is 4.28. The zero-order valence-electron chi connectivity index (χ0n) is 12.2. The summed E-state index contributed by atoms with van der Waals surface area (Å²) in [6.45, 7) is 0. The first-order valence-electron chi connectivity index (χ1n) is 8.26. The minimum Gasteiger partial charge on any atom is -0.423 e. The summed E-state index contributed by atoms with van der Waals surface area (Å²) in [6.07, 6.45) is 11.5. The van der Waals surface area contributed by atoms with Gasteiger partial charge in [0.05, 0.1) is 0 Å². The first-order valence-corrected chi connectivity index (χ1v) is 8.26. The summed E-state index contributed by atoms with van der Waals surface area (Å²) in [5.41, 5.74) is 3.47. The van der Waals surface area contributed by atoms with Gasteiger partial charge in [-0.3, -0.25) is 0 Å². The van der Waals surface area contributed by atoms with Gasteiger partial charge in [0, 0.05) is 0 Å². The summed E-state index contributed by atoms with van der Waals surface area (Å²) in [5.74, 6) is 1.18. The fraction of sp³-hybridized carbons (Fsp3) is 0.647. The molecule has 2 saturated carbocycles. The molecule has 0 bridgehead atoms. The van der Waals surface area contributed by atoms with Crippen LogP contribution in [-0.4, -0.2) is 17.2 Å². The molecule has 2 N–H and O–H groups in total. The molecule has 2 nitrogen and oxygen atoms in total. The van der Waals surface area contributed by atoms with Crippen molar-refractivity contribution in [1.82, 2.24) is 0 Å². The van der Waals surface area contributed by atoms with Crippen molar-refractivity contribution in [2.75, 3.05) is 0 Å². The van der Waals surface area contributed by atoms with Gasteiger partial charge in [0.25, 0.3) is 0 Å². The molecule has 3 rings (SSSR count). The number of hydrogen-bond acceptors (Lipinski definition) is 2. The van der Waals surface area contributed by atoms with Gasteiger partial charge in [-0.2, -0.15) is 0 Å². The zero-order chi connectivity index (χ0) is 13.9. The Morgan fingerprint density at radius 3 is 2.05 bits per heavy atom. The van der Waals surface area contributed by atoms with E-state index in [1.54, 1.807) is 0 Å². The maximum Gasteiger partial charge on any atom is 0.488 e. The third kappa shape index (κ3) is 2.80. The predicted molar refractivity (Wildman–Crippen MR) is 83.3 cm³/mol. The lowest BCUT2D eigenvalue weighted by Gasteiger charge is -2.29. The molecule has 20 heavy (non-hydrogen) atoms. The normalized spacial score (nSPS) is 21.3. The second kappa shape index (κ2) is 6.32. The highest BCUT2D eigenvalue weighted by Crippen LogP contribution is 2.41. The van der Waals surface area contributed by atoms with Crippen LogP contribution in [0.15, 0.2) is 18.2 Å². The Morgan fingerprint density at radius 2 is 1.40 bits per heavy atom. The van der Waals surface area contributed by atoms with E-state index in [1.165, 1.54) is 68.9 Å². The molecule has 0 spiro atoms. The lowest BCUT2D eigenvalue weighted by Crippen LogP contribution is -2.35. The maximum atomic E-state index is 9.76. The Morgan fingerprint density at radius 1 is 0.800 bits per heavy atom. The number of rotatable bonds is 3. The van der Waals surface area contributed by atoms with E-state index in [1.807, 2.05) is 12.1 Å². The molecule has 0 amide bonds. The van der Waals surface area contributed by atoms with E-state index in [9.17, 15) is 10.0 Å². The van der Waals surface area contributed by atoms with Crippen LogP contribution in [0.3, 0.4) is 0 Å². The molecule has 1 aromatic carbocycles. The molecule has 0 unspecified atom stereocenters. The van der Waals surface area contributed by atoms with Crippen LogP contribution in [0.5, 0.6) is 0 Å². The van der Waals surface area contributed by atoms with Gasteiger partial charge in [0.1, 0.15) is 0 Å². The molecule has 2 aliphatic carbocycles. The van der Waals surface area contributed by atoms with Gasteiger partial charge in [-0.15, -0.1) is 0 Å². The van der Waals surface area contributed by atoms with Crippen molar-refractivity contribution in [2.24, 2.45) is 0 Å². The van der Waals surface area contributed by atoms with Gasteiger partial charge < -0.3 is 10.0 Å². The maximum absolute atomic E-state index is 9.76. The second-order valence-electron chi connectivity index (χ2n) is 6.54. The molecular formula is C17H25BO2. The third-order valence-electron chi connectivity index (χ3n) is 5.26. The number of benzene rings is 1. The van der Waals surface area contributed by atoms with E-state index >= 15 is 0 Å². The monoisotopic (exact) mass is 272 g/mol. The van der Waals surface area contributed by atoms with E-state index in [0.29, 0.717) is 11.8 Å². The standard InChI is InChI=1S/C17H25BO2/c19-18(20)16-12-6-11-15(13-7-4-5-8-13)17(16)14-9-2-1-3-10-14/h6,11-14,19-20H,1-5,7-10H2. The Balaban J connectivity index is 2.01. The average Bonchev–Trinajstić information content (AvgIpc) is 3.01. The smallest absolute Gasteiger partial charge is 0.423 e. The highest BCUT2D eigenvalue weighted by Gasteiger charge is 2.29. The molecule has 108 valence electrons. The molecule has 0 radical (unpaired) electrons. The van der Waals surface area contributed by atoms with E-state index in [4.69, 9.17) is 0 Å². The third-order valence-corrected chi connectivity index (χ3v) is 5.26. The van der Waals surface area contributed by atoms with Crippen LogP contribution in [-0.2, 0) is 0 Å². The highest BCUT2D eigenvalue weighted by atomic mass is 16.4. The largest absolute Gasteiger partial charge is 0.488 e. The van der Waals surface area contributed by atoms with Gasteiger partial charge >= 0.3 is 7.12 Å². The summed E-state index contributed by atoms with van der Waals surface area (Å²) in [6, 6.07) is 6.16. The van der Waals surface area contributed by atoms with Crippen molar-refractivity contribution in [3.63, 3.8) is 0 Å². The van der Waals surface area contributed by atoms with E-state index in [2.05, 4.69) is 6.07 Å². The van der Waals surface area contributed by atoms with Crippen LogP contribution in [0.1, 0.15) is 80.8 Å². The summed E-state index contributed by atoms with van der Waals surface area (Å²) in [7, 11) is -1.33. The van der Waals surface area contributed by atoms with Gasteiger partial charge in [-0.25, -0.2) is 0 Å². The SMILES string of the molecule is OB(O)c1cccc(C2CCCC2)c1C1CCCCC1. The van der Waals surface area contributed by atoms with E-state index in [0.717, 1.165) is 5.46 Å². The lowest BCUT2D eigenvalue weighted by atomic mass is 9.68. The average molecular weight is 272 g/mol. The van der Waals surface area contributed by atoms with Crippen molar-refractivity contribution in [3.05, 3.63) is 29.3 Å². The van der Waals surface area contributed by atoms with E-state index < -0.39 is 7.12 Å². The minimum atomic E-state index is -1.33. The zero-order valence-corrected chi connectivity index (χ0v) is 12.2.